The highest BCUT2D eigenvalue weighted by atomic mass is 35.5. The molecule has 0 bridgehead atoms. The Morgan fingerprint density at radius 3 is 2.36 bits per heavy atom. The second-order valence-corrected chi connectivity index (χ2v) is 8.55. The van der Waals surface area contributed by atoms with E-state index < -0.39 is 16.9 Å². The van der Waals surface area contributed by atoms with E-state index in [1.807, 2.05) is 18.7 Å². The van der Waals surface area contributed by atoms with Crippen LogP contribution in [-0.4, -0.2) is 35.9 Å². The smallest absolute Gasteiger partial charge is 0.292 e. The van der Waals surface area contributed by atoms with Crippen molar-refractivity contribution in [2.45, 2.75) is 39.7 Å². The molecule has 1 atom stereocenters. The van der Waals surface area contributed by atoms with E-state index in [2.05, 4.69) is 10.9 Å². The van der Waals surface area contributed by atoms with Crippen molar-refractivity contribution in [3.05, 3.63) is 62.7 Å². The predicted octanol–water partition coefficient (Wildman–Crippen LogP) is 3.70. The molecule has 1 unspecified atom stereocenters. The third-order valence-electron chi connectivity index (χ3n) is 5.68. The van der Waals surface area contributed by atoms with Crippen LogP contribution in [0.2, 0.25) is 5.02 Å². The molecule has 1 saturated heterocycles. The highest BCUT2D eigenvalue weighted by Crippen LogP contribution is 2.31. The number of carbonyl (C=O) groups is 2. The highest BCUT2D eigenvalue weighted by Gasteiger charge is 2.28. The molecule has 2 aromatic rings. The van der Waals surface area contributed by atoms with E-state index in [1.165, 1.54) is 6.07 Å². The fourth-order valence-corrected chi connectivity index (χ4v) is 4.24. The topological polar surface area (TPSA) is 114 Å². The van der Waals surface area contributed by atoms with Gasteiger partial charge in [-0.05, 0) is 62.9 Å². The maximum Gasteiger partial charge on any atom is 0.292 e. The molecule has 0 radical (unpaired) electrons. The van der Waals surface area contributed by atoms with Crippen LogP contribution in [0, 0.1) is 29.9 Å². The summed E-state index contributed by atoms with van der Waals surface area (Å²) in [6.45, 7) is 6.30. The zero-order chi connectivity index (χ0) is 24.1. The Bertz CT molecular complexity index is 1030. The Labute approximate surface area is 197 Å². The SMILES string of the molecule is Cc1cc(Cl)cc(C)c1OC(C)C(=O)NNC(=O)C1CCN(c2ccccc2[N+](=O)[O-])CC1. The number of aryl methyl sites for hydroxylation is 2. The van der Waals surface area contributed by atoms with Crippen LogP contribution in [0.15, 0.2) is 36.4 Å². The van der Waals surface area contributed by atoms with Gasteiger partial charge in [0.15, 0.2) is 6.10 Å². The van der Waals surface area contributed by atoms with E-state index in [4.69, 9.17) is 16.3 Å². The van der Waals surface area contributed by atoms with Crippen molar-refractivity contribution in [3.63, 3.8) is 0 Å². The van der Waals surface area contributed by atoms with E-state index in [0.29, 0.717) is 42.4 Å². The molecule has 1 aliphatic rings. The van der Waals surface area contributed by atoms with Gasteiger partial charge in [0.05, 0.1) is 4.92 Å². The summed E-state index contributed by atoms with van der Waals surface area (Å²) in [6, 6.07) is 10.1. The first-order valence-corrected chi connectivity index (χ1v) is 11.1. The molecule has 1 fully saturated rings. The molecule has 9 nitrogen and oxygen atoms in total. The third-order valence-corrected chi connectivity index (χ3v) is 5.90. The second-order valence-electron chi connectivity index (χ2n) is 8.11. The van der Waals surface area contributed by atoms with Gasteiger partial charge in [-0.3, -0.25) is 30.6 Å². The average Bonchev–Trinajstić information content (AvgIpc) is 2.79. The van der Waals surface area contributed by atoms with Gasteiger partial charge < -0.3 is 9.64 Å². The molecule has 0 saturated carbocycles. The Kier molecular flexibility index (Phi) is 7.75. The van der Waals surface area contributed by atoms with Crippen LogP contribution in [0.5, 0.6) is 5.75 Å². The molecule has 3 rings (SSSR count). The number of nitrogens with zero attached hydrogens (tertiary/aromatic N) is 2. The van der Waals surface area contributed by atoms with Crippen LogP contribution in [0.1, 0.15) is 30.9 Å². The average molecular weight is 475 g/mol. The lowest BCUT2D eigenvalue weighted by molar-refractivity contribution is -0.384. The van der Waals surface area contributed by atoms with Gasteiger partial charge in [0.25, 0.3) is 11.6 Å². The van der Waals surface area contributed by atoms with Crippen molar-refractivity contribution in [3.8, 4) is 5.75 Å². The number of halogens is 1. The number of hydrogen-bond donors (Lipinski definition) is 2. The monoisotopic (exact) mass is 474 g/mol. The minimum atomic E-state index is -0.829. The number of carbonyl (C=O) groups excluding carboxylic acids is 2. The van der Waals surface area contributed by atoms with E-state index in [-0.39, 0.29) is 17.5 Å². The normalized spacial score (nSPS) is 15.0. The second kappa shape index (κ2) is 10.5. The fraction of sp³-hybridized carbons (Fsp3) is 0.391. The molecule has 0 aliphatic carbocycles. The summed E-state index contributed by atoms with van der Waals surface area (Å²) in [5, 5.41) is 11.9. The number of anilines is 1. The molecule has 176 valence electrons. The van der Waals surface area contributed by atoms with Crippen molar-refractivity contribution < 1.29 is 19.2 Å². The summed E-state index contributed by atoms with van der Waals surface area (Å²) < 4.78 is 5.78. The number of benzene rings is 2. The fourth-order valence-electron chi connectivity index (χ4n) is 3.91. The predicted molar refractivity (Wildman–Crippen MR) is 125 cm³/mol. The third kappa shape index (κ3) is 5.92. The summed E-state index contributed by atoms with van der Waals surface area (Å²) in [6.07, 6.45) is 0.204. The van der Waals surface area contributed by atoms with Crippen molar-refractivity contribution in [1.29, 1.82) is 0 Å². The zero-order valence-electron chi connectivity index (χ0n) is 18.8. The molecule has 2 aromatic carbocycles. The van der Waals surface area contributed by atoms with E-state index in [0.717, 1.165) is 11.1 Å². The summed E-state index contributed by atoms with van der Waals surface area (Å²) in [5.74, 6) is -0.497. The highest BCUT2D eigenvalue weighted by molar-refractivity contribution is 6.30. The number of hydrazine groups is 1. The van der Waals surface area contributed by atoms with Crippen LogP contribution in [0.3, 0.4) is 0 Å². The van der Waals surface area contributed by atoms with Gasteiger partial charge in [0, 0.05) is 30.1 Å². The molecular weight excluding hydrogens is 448 g/mol. The molecule has 2 amide bonds. The Hall–Kier alpha value is -3.33. The van der Waals surface area contributed by atoms with Gasteiger partial charge in [-0.1, -0.05) is 23.7 Å². The molecule has 0 spiro atoms. The Morgan fingerprint density at radius 2 is 1.76 bits per heavy atom. The molecule has 2 N–H and O–H groups in total. The lowest BCUT2D eigenvalue weighted by atomic mass is 9.95. The maximum absolute atomic E-state index is 12.5. The molecular formula is C23H27ClN4O5. The first-order chi connectivity index (χ1) is 15.7. The minimum absolute atomic E-state index is 0.0489. The van der Waals surface area contributed by atoms with Gasteiger partial charge in [-0.15, -0.1) is 0 Å². The summed E-state index contributed by atoms with van der Waals surface area (Å²) in [5.41, 5.74) is 7.13. The maximum atomic E-state index is 12.5. The lowest BCUT2D eigenvalue weighted by Gasteiger charge is -2.32. The van der Waals surface area contributed by atoms with Crippen molar-refractivity contribution in [1.82, 2.24) is 10.9 Å². The summed E-state index contributed by atoms with van der Waals surface area (Å²) >= 11 is 6.03. The van der Waals surface area contributed by atoms with Gasteiger partial charge in [-0.25, -0.2) is 0 Å². The first-order valence-electron chi connectivity index (χ1n) is 10.7. The van der Waals surface area contributed by atoms with Crippen LogP contribution in [-0.2, 0) is 9.59 Å². The molecule has 10 heteroatoms. The van der Waals surface area contributed by atoms with Crippen molar-refractivity contribution in [2.75, 3.05) is 18.0 Å². The quantitative estimate of drug-likeness (QED) is 0.487. The van der Waals surface area contributed by atoms with Gasteiger partial charge in [0.1, 0.15) is 11.4 Å². The Balaban J connectivity index is 1.50. The summed E-state index contributed by atoms with van der Waals surface area (Å²) in [4.78, 5) is 37.7. The number of ether oxygens (including phenoxy) is 1. The number of nitrogens with one attached hydrogen (secondary N) is 2. The first kappa shape index (κ1) is 24.3. The van der Waals surface area contributed by atoms with Crippen molar-refractivity contribution >= 4 is 34.8 Å². The van der Waals surface area contributed by atoms with Crippen LogP contribution in [0.25, 0.3) is 0 Å². The van der Waals surface area contributed by atoms with E-state index >= 15 is 0 Å². The van der Waals surface area contributed by atoms with E-state index in [9.17, 15) is 19.7 Å². The number of para-hydroxylation sites is 2. The number of nitro groups is 1. The van der Waals surface area contributed by atoms with Gasteiger partial charge >= 0.3 is 0 Å². The molecule has 0 aromatic heterocycles. The van der Waals surface area contributed by atoms with Crippen molar-refractivity contribution in [2.24, 2.45) is 5.92 Å². The number of piperidine rings is 1. The van der Waals surface area contributed by atoms with Gasteiger partial charge in [0.2, 0.25) is 5.91 Å². The number of nitro benzene ring substituents is 1. The zero-order valence-corrected chi connectivity index (χ0v) is 19.5. The van der Waals surface area contributed by atoms with Crippen LogP contribution in [0.4, 0.5) is 11.4 Å². The number of rotatable bonds is 6. The largest absolute Gasteiger partial charge is 0.480 e. The molecule has 1 heterocycles. The van der Waals surface area contributed by atoms with E-state index in [1.54, 1.807) is 37.3 Å². The number of amides is 2. The van der Waals surface area contributed by atoms with Crippen LogP contribution < -0.4 is 20.5 Å². The molecule has 1 aliphatic heterocycles. The van der Waals surface area contributed by atoms with Crippen LogP contribution >= 0.6 is 11.6 Å². The molecule has 33 heavy (non-hydrogen) atoms. The Morgan fingerprint density at radius 1 is 1.15 bits per heavy atom. The lowest BCUT2D eigenvalue weighted by Crippen LogP contribution is -2.50. The summed E-state index contributed by atoms with van der Waals surface area (Å²) in [7, 11) is 0. The standard InChI is InChI=1S/C23H27ClN4O5/c1-14-12-18(24)13-15(2)21(14)33-16(3)22(29)25-26-23(30)17-8-10-27(11-9-17)19-6-4-5-7-20(19)28(31)32/h4-7,12-13,16-17H,8-11H2,1-3H3,(H,25,29)(H,26,30). The number of hydrogen-bond acceptors (Lipinski definition) is 6. The minimum Gasteiger partial charge on any atom is -0.480 e. The van der Waals surface area contributed by atoms with Gasteiger partial charge in [-0.2, -0.15) is 0 Å².